The summed E-state index contributed by atoms with van der Waals surface area (Å²) in [5.41, 5.74) is -0.638. The lowest BCUT2D eigenvalue weighted by atomic mass is 10.2. The lowest BCUT2D eigenvalue weighted by Gasteiger charge is -2.06. The molecular formula is C14H16N2O4. The molecule has 0 spiro atoms. The molecule has 2 aromatic heterocycles. The Morgan fingerprint density at radius 2 is 2.10 bits per heavy atom. The van der Waals surface area contributed by atoms with Crippen molar-refractivity contribution in [2.45, 2.75) is 26.8 Å². The number of esters is 1. The zero-order chi connectivity index (χ0) is 14.7. The Balaban J connectivity index is 2.64. The van der Waals surface area contributed by atoms with Crippen LogP contribution in [0, 0.1) is 0 Å². The number of aromatic amines is 1. The lowest BCUT2D eigenvalue weighted by Crippen LogP contribution is -2.25. The van der Waals surface area contributed by atoms with E-state index in [-0.39, 0.29) is 28.6 Å². The summed E-state index contributed by atoms with van der Waals surface area (Å²) < 4.78 is 6.34. The van der Waals surface area contributed by atoms with E-state index >= 15 is 0 Å². The van der Waals surface area contributed by atoms with Crippen molar-refractivity contribution in [2.75, 3.05) is 6.61 Å². The fourth-order valence-corrected chi connectivity index (χ4v) is 2.04. The Bertz CT molecular complexity index is 758. The molecule has 2 aromatic rings. The van der Waals surface area contributed by atoms with Gasteiger partial charge in [0, 0.05) is 18.9 Å². The van der Waals surface area contributed by atoms with Gasteiger partial charge in [0.15, 0.2) is 0 Å². The molecule has 0 radical (unpaired) electrons. The first-order chi connectivity index (χ1) is 9.60. The van der Waals surface area contributed by atoms with Crippen LogP contribution in [-0.4, -0.2) is 22.1 Å². The fourth-order valence-electron chi connectivity index (χ4n) is 2.04. The van der Waals surface area contributed by atoms with Gasteiger partial charge in [0.2, 0.25) is 5.43 Å². The molecule has 0 aliphatic carbocycles. The molecule has 106 valence electrons. The number of nitrogens with zero attached hydrogens (tertiary/aromatic N) is 1. The number of pyridine rings is 2. The molecule has 20 heavy (non-hydrogen) atoms. The monoisotopic (exact) mass is 276 g/mol. The summed E-state index contributed by atoms with van der Waals surface area (Å²) in [5.74, 6) is -0.687. The van der Waals surface area contributed by atoms with Gasteiger partial charge in [-0.2, -0.15) is 0 Å². The molecule has 0 aliphatic heterocycles. The molecule has 2 heterocycles. The van der Waals surface area contributed by atoms with Crippen molar-refractivity contribution >= 4 is 16.9 Å². The minimum absolute atomic E-state index is 0.0907. The minimum atomic E-state index is -0.687. The maximum absolute atomic E-state index is 12.2. The van der Waals surface area contributed by atoms with Crippen LogP contribution in [0.1, 0.15) is 30.6 Å². The van der Waals surface area contributed by atoms with Crippen molar-refractivity contribution in [2.24, 2.45) is 0 Å². The lowest BCUT2D eigenvalue weighted by molar-refractivity contribution is 0.0524. The summed E-state index contributed by atoms with van der Waals surface area (Å²) in [7, 11) is 0. The van der Waals surface area contributed by atoms with E-state index in [1.54, 1.807) is 19.2 Å². The first-order valence-corrected chi connectivity index (χ1v) is 6.52. The van der Waals surface area contributed by atoms with Crippen LogP contribution < -0.4 is 11.0 Å². The van der Waals surface area contributed by atoms with E-state index in [1.807, 2.05) is 6.92 Å². The van der Waals surface area contributed by atoms with Crippen LogP contribution in [0.2, 0.25) is 0 Å². The summed E-state index contributed by atoms with van der Waals surface area (Å²) in [4.78, 5) is 38.7. The standard InChI is InChI=1S/C14H16N2O4/c1-3-6-16-7-5-9-11(13(16)18)15-8-10(12(9)17)14(19)20-4-2/h5,7-8H,3-4,6H2,1-2H3,(H,15,17). The van der Waals surface area contributed by atoms with E-state index in [2.05, 4.69) is 4.98 Å². The molecule has 0 atom stereocenters. The number of carbonyl (C=O) groups is 1. The number of aromatic nitrogens is 2. The molecule has 0 aliphatic rings. The van der Waals surface area contributed by atoms with Gasteiger partial charge in [-0.1, -0.05) is 6.92 Å². The fraction of sp³-hybridized carbons (Fsp3) is 0.357. The van der Waals surface area contributed by atoms with Crippen LogP contribution in [0.4, 0.5) is 0 Å². The molecule has 0 fully saturated rings. The van der Waals surface area contributed by atoms with Gasteiger partial charge in [-0.3, -0.25) is 9.59 Å². The number of hydrogen-bond acceptors (Lipinski definition) is 4. The summed E-state index contributed by atoms with van der Waals surface area (Å²) in [6.45, 7) is 4.39. The van der Waals surface area contributed by atoms with E-state index in [0.29, 0.717) is 6.54 Å². The van der Waals surface area contributed by atoms with E-state index in [0.717, 1.165) is 6.42 Å². The maximum atomic E-state index is 12.2. The van der Waals surface area contributed by atoms with Crippen LogP contribution >= 0.6 is 0 Å². The quantitative estimate of drug-likeness (QED) is 0.853. The topological polar surface area (TPSA) is 81.2 Å². The average Bonchev–Trinajstić information content (AvgIpc) is 2.43. The van der Waals surface area contributed by atoms with Gasteiger partial charge in [-0.15, -0.1) is 0 Å². The van der Waals surface area contributed by atoms with Gasteiger partial charge in [0.1, 0.15) is 11.1 Å². The maximum Gasteiger partial charge on any atom is 0.343 e. The predicted octanol–water partition coefficient (Wildman–Crippen LogP) is 1.28. The summed E-state index contributed by atoms with van der Waals surface area (Å²) >= 11 is 0. The minimum Gasteiger partial charge on any atom is -0.462 e. The Morgan fingerprint density at radius 1 is 1.35 bits per heavy atom. The normalized spacial score (nSPS) is 10.7. The number of aryl methyl sites for hydroxylation is 1. The second kappa shape index (κ2) is 5.73. The van der Waals surface area contributed by atoms with Gasteiger partial charge < -0.3 is 14.3 Å². The molecule has 0 saturated heterocycles. The number of carbonyl (C=O) groups excluding carboxylic acids is 1. The van der Waals surface area contributed by atoms with Crippen LogP contribution in [0.25, 0.3) is 10.9 Å². The third-order valence-corrected chi connectivity index (χ3v) is 2.98. The Hall–Kier alpha value is -2.37. The smallest absolute Gasteiger partial charge is 0.343 e. The van der Waals surface area contributed by atoms with Gasteiger partial charge in [0.05, 0.1) is 12.0 Å². The number of rotatable bonds is 4. The van der Waals surface area contributed by atoms with Crippen LogP contribution in [0.3, 0.4) is 0 Å². The van der Waals surface area contributed by atoms with Gasteiger partial charge in [-0.25, -0.2) is 4.79 Å². The van der Waals surface area contributed by atoms with E-state index in [1.165, 1.54) is 10.8 Å². The number of fused-ring (bicyclic) bond motifs is 1. The zero-order valence-corrected chi connectivity index (χ0v) is 11.4. The van der Waals surface area contributed by atoms with Crippen molar-refractivity contribution in [1.29, 1.82) is 0 Å². The van der Waals surface area contributed by atoms with E-state index < -0.39 is 11.4 Å². The van der Waals surface area contributed by atoms with Gasteiger partial charge in [0.25, 0.3) is 5.56 Å². The SMILES string of the molecule is CCCn1ccc2c(=O)c(C(=O)OCC)c[nH]c2c1=O. The molecule has 0 saturated carbocycles. The summed E-state index contributed by atoms with van der Waals surface area (Å²) in [6.07, 6.45) is 3.62. The third kappa shape index (κ3) is 2.36. The highest BCUT2D eigenvalue weighted by atomic mass is 16.5. The van der Waals surface area contributed by atoms with E-state index in [9.17, 15) is 14.4 Å². The molecule has 6 heteroatoms. The van der Waals surface area contributed by atoms with Gasteiger partial charge >= 0.3 is 5.97 Å². The number of hydrogen-bond donors (Lipinski definition) is 1. The second-order valence-electron chi connectivity index (χ2n) is 4.35. The molecule has 1 N–H and O–H groups in total. The van der Waals surface area contributed by atoms with E-state index in [4.69, 9.17) is 4.74 Å². The molecule has 0 bridgehead atoms. The van der Waals surface area contributed by atoms with Crippen molar-refractivity contribution in [1.82, 2.24) is 9.55 Å². The largest absolute Gasteiger partial charge is 0.462 e. The van der Waals surface area contributed by atoms with Crippen LogP contribution in [-0.2, 0) is 11.3 Å². The molecule has 0 aromatic carbocycles. The molecule has 2 rings (SSSR count). The van der Waals surface area contributed by atoms with Crippen LogP contribution in [0.15, 0.2) is 28.0 Å². The molecule has 6 nitrogen and oxygen atoms in total. The first kappa shape index (κ1) is 14.0. The average molecular weight is 276 g/mol. The predicted molar refractivity (Wildman–Crippen MR) is 75.1 cm³/mol. The van der Waals surface area contributed by atoms with Crippen molar-refractivity contribution in [3.63, 3.8) is 0 Å². The third-order valence-electron chi connectivity index (χ3n) is 2.98. The molecular weight excluding hydrogens is 260 g/mol. The van der Waals surface area contributed by atoms with Crippen molar-refractivity contribution < 1.29 is 9.53 Å². The Kier molecular flexibility index (Phi) is 4.02. The Labute approximate surface area is 115 Å². The van der Waals surface area contributed by atoms with Gasteiger partial charge in [-0.05, 0) is 19.4 Å². The highest BCUT2D eigenvalue weighted by molar-refractivity contribution is 5.93. The van der Waals surface area contributed by atoms with Crippen LogP contribution in [0.5, 0.6) is 0 Å². The summed E-state index contributed by atoms with van der Waals surface area (Å²) in [5, 5.41) is 0.202. The summed E-state index contributed by atoms with van der Waals surface area (Å²) in [6, 6.07) is 1.55. The number of nitrogens with one attached hydrogen (secondary N) is 1. The number of H-pyrrole nitrogens is 1. The molecule has 0 unspecified atom stereocenters. The number of ether oxygens (including phenoxy) is 1. The zero-order valence-electron chi connectivity index (χ0n) is 11.4. The second-order valence-corrected chi connectivity index (χ2v) is 4.35. The highest BCUT2D eigenvalue weighted by Gasteiger charge is 2.15. The van der Waals surface area contributed by atoms with Crippen molar-refractivity contribution in [3.8, 4) is 0 Å². The Morgan fingerprint density at radius 3 is 2.75 bits per heavy atom. The molecule has 0 amide bonds. The first-order valence-electron chi connectivity index (χ1n) is 6.52. The van der Waals surface area contributed by atoms with Crippen molar-refractivity contribution in [3.05, 3.63) is 44.6 Å². The highest BCUT2D eigenvalue weighted by Crippen LogP contribution is 2.04.